The van der Waals surface area contributed by atoms with E-state index < -0.39 is 0 Å². The Morgan fingerprint density at radius 1 is 0.926 bits per heavy atom. The van der Waals surface area contributed by atoms with Gasteiger partial charge >= 0.3 is 0 Å². The van der Waals surface area contributed by atoms with Gasteiger partial charge in [0.15, 0.2) is 0 Å². The van der Waals surface area contributed by atoms with E-state index in [-0.39, 0.29) is 11.8 Å². The summed E-state index contributed by atoms with van der Waals surface area (Å²) in [7, 11) is 3.68. The van der Waals surface area contributed by atoms with Crippen molar-refractivity contribution in [2.75, 3.05) is 31.3 Å². The van der Waals surface area contributed by atoms with Gasteiger partial charge < -0.3 is 15.5 Å². The molecule has 3 aromatic rings. The molecule has 5 nitrogen and oxygen atoms in total. The second-order valence-electron chi connectivity index (χ2n) is 6.80. The second-order valence-corrected chi connectivity index (χ2v) is 6.80. The fourth-order valence-corrected chi connectivity index (χ4v) is 2.93. The number of nitrogens with one attached hydrogen (secondary N) is 2. The van der Waals surface area contributed by atoms with Crippen LogP contribution in [0.25, 0.3) is 10.8 Å². The van der Waals surface area contributed by atoms with Crippen LogP contribution in [0.4, 0.5) is 11.4 Å². The van der Waals surface area contributed by atoms with Crippen LogP contribution in [0.2, 0.25) is 0 Å². The number of amides is 2. The van der Waals surface area contributed by atoms with Gasteiger partial charge in [-0.2, -0.15) is 0 Å². The highest BCUT2D eigenvalue weighted by molar-refractivity contribution is 6.13. The van der Waals surface area contributed by atoms with Gasteiger partial charge in [0.05, 0.1) is 6.54 Å². The Morgan fingerprint density at radius 2 is 1.67 bits per heavy atom. The molecule has 0 aliphatic carbocycles. The molecule has 2 amide bonds. The Bertz CT molecular complexity index is 991. The quantitative estimate of drug-likeness (QED) is 0.724. The van der Waals surface area contributed by atoms with Gasteiger partial charge in [0.25, 0.3) is 5.91 Å². The molecule has 3 aromatic carbocycles. The first-order valence-corrected chi connectivity index (χ1v) is 8.78. The van der Waals surface area contributed by atoms with Crippen molar-refractivity contribution in [1.82, 2.24) is 4.90 Å². The van der Waals surface area contributed by atoms with Gasteiger partial charge in [-0.3, -0.25) is 9.59 Å². The normalized spacial score (nSPS) is 10.8. The van der Waals surface area contributed by atoms with Gasteiger partial charge in [0.1, 0.15) is 0 Å². The zero-order valence-corrected chi connectivity index (χ0v) is 15.7. The number of rotatable bonds is 5. The molecule has 0 bridgehead atoms. The zero-order chi connectivity index (χ0) is 19.4. The molecule has 0 spiro atoms. The largest absolute Gasteiger partial charge is 0.325 e. The van der Waals surface area contributed by atoms with Crippen LogP contribution < -0.4 is 10.6 Å². The summed E-state index contributed by atoms with van der Waals surface area (Å²) in [4.78, 5) is 26.6. The second kappa shape index (κ2) is 8.01. The molecular formula is C22H23N3O2. The molecule has 0 aromatic heterocycles. The van der Waals surface area contributed by atoms with E-state index in [9.17, 15) is 9.59 Å². The van der Waals surface area contributed by atoms with Gasteiger partial charge in [0.2, 0.25) is 5.91 Å². The number of hydrogen-bond acceptors (Lipinski definition) is 3. The van der Waals surface area contributed by atoms with E-state index in [4.69, 9.17) is 0 Å². The van der Waals surface area contributed by atoms with Crippen molar-refractivity contribution in [3.8, 4) is 0 Å². The van der Waals surface area contributed by atoms with Gasteiger partial charge in [-0.25, -0.2) is 0 Å². The zero-order valence-electron chi connectivity index (χ0n) is 15.7. The van der Waals surface area contributed by atoms with E-state index in [1.54, 1.807) is 11.0 Å². The van der Waals surface area contributed by atoms with Crippen molar-refractivity contribution in [3.05, 3.63) is 71.8 Å². The molecule has 0 saturated heterocycles. The predicted octanol–water partition coefficient (Wildman–Crippen LogP) is 3.90. The fourth-order valence-electron chi connectivity index (χ4n) is 2.93. The monoisotopic (exact) mass is 361 g/mol. The highest BCUT2D eigenvalue weighted by Gasteiger charge is 2.12. The summed E-state index contributed by atoms with van der Waals surface area (Å²) in [5, 5.41) is 7.75. The third-order valence-electron chi connectivity index (χ3n) is 4.26. The molecule has 0 saturated carbocycles. The van der Waals surface area contributed by atoms with Crippen molar-refractivity contribution in [2.24, 2.45) is 0 Å². The summed E-state index contributed by atoms with van der Waals surface area (Å²) in [6.07, 6.45) is 0. The third kappa shape index (κ3) is 4.51. The van der Waals surface area contributed by atoms with Gasteiger partial charge in [-0.1, -0.05) is 42.5 Å². The summed E-state index contributed by atoms with van der Waals surface area (Å²) in [6, 6.07) is 19.0. The minimum absolute atomic E-state index is 0.0966. The van der Waals surface area contributed by atoms with E-state index in [2.05, 4.69) is 10.6 Å². The molecule has 0 heterocycles. The molecular weight excluding hydrogens is 338 g/mol. The van der Waals surface area contributed by atoms with Gasteiger partial charge in [-0.05, 0) is 55.6 Å². The molecule has 27 heavy (non-hydrogen) atoms. The first-order chi connectivity index (χ1) is 12.9. The average Bonchev–Trinajstić information content (AvgIpc) is 2.63. The van der Waals surface area contributed by atoms with E-state index in [0.717, 1.165) is 16.3 Å². The van der Waals surface area contributed by atoms with E-state index in [0.29, 0.717) is 23.5 Å². The van der Waals surface area contributed by atoms with Crippen LogP contribution in [0.3, 0.4) is 0 Å². The topological polar surface area (TPSA) is 61.4 Å². The number of carbonyl (C=O) groups excluding carboxylic acids is 2. The first-order valence-electron chi connectivity index (χ1n) is 8.78. The van der Waals surface area contributed by atoms with Crippen molar-refractivity contribution < 1.29 is 9.59 Å². The van der Waals surface area contributed by atoms with E-state index in [1.807, 2.05) is 75.6 Å². The highest BCUT2D eigenvalue weighted by Crippen LogP contribution is 2.23. The molecule has 0 unspecified atom stereocenters. The Labute approximate surface area is 159 Å². The molecule has 138 valence electrons. The Hall–Kier alpha value is -3.18. The number of anilines is 2. The number of aryl methyl sites for hydroxylation is 1. The van der Waals surface area contributed by atoms with Crippen LogP contribution >= 0.6 is 0 Å². The molecule has 2 N–H and O–H groups in total. The predicted molar refractivity (Wildman–Crippen MR) is 110 cm³/mol. The maximum absolute atomic E-state index is 12.8. The highest BCUT2D eigenvalue weighted by atomic mass is 16.2. The SMILES string of the molecule is Cc1ccc(NC(=O)c2cccc3ccccc23)cc1NC(=O)CN(C)C. The summed E-state index contributed by atoms with van der Waals surface area (Å²) in [5.74, 6) is -0.276. The van der Waals surface area contributed by atoms with Crippen molar-refractivity contribution in [3.63, 3.8) is 0 Å². The van der Waals surface area contributed by atoms with Crippen molar-refractivity contribution >= 4 is 34.0 Å². The summed E-state index contributed by atoms with van der Waals surface area (Å²) < 4.78 is 0. The number of likely N-dealkylation sites (N-methyl/N-ethyl adjacent to an activating group) is 1. The first kappa shape index (κ1) is 18.6. The minimum atomic E-state index is -0.179. The van der Waals surface area contributed by atoms with Crippen LogP contribution in [0.5, 0.6) is 0 Å². The lowest BCUT2D eigenvalue weighted by Gasteiger charge is -2.14. The van der Waals surface area contributed by atoms with Crippen molar-refractivity contribution in [1.29, 1.82) is 0 Å². The number of hydrogen-bond donors (Lipinski definition) is 2. The Kier molecular flexibility index (Phi) is 5.52. The Morgan fingerprint density at radius 3 is 2.44 bits per heavy atom. The van der Waals surface area contributed by atoms with Gasteiger partial charge in [0, 0.05) is 16.9 Å². The maximum Gasteiger partial charge on any atom is 0.256 e. The Balaban J connectivity index is 1.82. The van der Waals surface area contributed by atoms with Crippen molar-refractivity contribution in [2.45, 2.75) is 6.92 Å². The summed E-state index contributed by atoms with van der Waals surface area (Å²) >= 11 is 0. The molecule has 0 aliphatic heterocycles. The molecule has 0 fully saturated rings. The van der Waals surface area contributed by atoms with E-state index in [1.165, 1.54) is 0 Å². The summed E-state index contributed by atoms with van der Waals surface area (Å²) in [5.41, 5.74) is 2.88. The van der Waals surface area contributed by atoms with E-state index >= 15 is 0 Å². The standard InChI is InChI=1S/C22H23N3O2/c1-15-11-12-17(13-20(15)24-21(26)14-25(2)3)23-22(27)19-10-6-8-16-7-4-5-9-18(16)19/h4-13H,14H2,1-3H3,(H,23,27)(H,24,26). The lowest BCUT2D eigenvalue weighted by Crippen LogP contribution is -2.27. The minimum Gasteiger partial charge on any atom is -0.325 e. The smallest absolute Gasteiger partial charge is 0.256 e. The van der Waals surface area contributed by atoms with Crippen LogP contribution in [-0.2, 0) is 4.79 Å². The molecule has 0 atom stereocenters. The summed E-state index contributed by atoms with van der Waals surface area (Å²) in [6.45, 7) is 2.22. The molecule has 0 aliphatic rings. The number of benzene rings is 3. The average molecular weight is 361 g/mol. The fraction of sp³-hybridized carbons (Fsp3) is 0.182. The number of carbonyl (C=O) groups is 2. The van der Waals surface area contributed by atoms with Gasteiger partial charge in [-0.15, -0.1) is 0 Å². The maximum atomic E-state index is 12.8. The molecule has 5 heteroatoms. The van der Waals surface area contributed by atoms with Crippen LogP contribution in [0, 0.1) is 6.92 Å². The number of nitrogens with zero attached hydrogens (tertiary/aromatic N) is 1. The lowest BCUT2D eigenvalue weighted by molar-refractivity contribution is -0.116. The molecule has 0 radical (unpaired) electrons. The number of fused-ring (bicyclic) bond motifs is 1. The molecule has 3 rings (SSSR count). The van der Waals surface area contributed by atoms with Crippen LogP contribution in [-0.4, -0.2) is 37.4 Å². The van der Waals surface area contributed by atoms with Crippen LogP contribution in [0.15, 0.2) is 60.7 Å². The van der Waals surface area contributed by atoms with Crippen LogP contribution in [0.1, 0.15) is 15.9 Å². The lowest BCUT2D eigenvalue weighted by atomic mass is 10.0. The third-order valence-corrected chi connectivity index (χ3v) is 4.26.